The lowest BCUT2D eigenvalue weighted by Crippen LogP contribution is -2.32. The Balaban J connectivity index is 1.81. The average Bonchev–Trinajstić information content (AvgIpc) is 3.58. The lowest BCUT2D eigenvalue weighted by atomic mass is 9.76. The molecule has 4 aromatic carbocycles. The van der Waals surface area contributed by atoms with E-state index in [1.54, 1.807) is 0 Å². The molecule has 2 aliphatic carbocycles. The van der Waals surface area contributed by atoms with Gasteiger partial charge in [0.1, 0.15) is 0 Å². The maximum Gasteiger partial charge on any atom is -0.000731 e. The van der Waals surface area contributed by atoms with Gasteiger partial charge >= 0.3 is 0 Å². The van der Waals surface area contributed by atoms with E-state index in [1.165, 1.54) is 71.7 Å². The summed E-state index contributed by atoms with van der Waals surface area (Å²) in [7, 11) is 0. The summed E-state index contributed by atoms with van der Waals surface area (Å²) >= 11 is 0. The van der Waals surface area contributed by atoms with Crippen LogP contribution in [0, 0.1) is 5.41 Å². The van der Waals surface area contributed by atoms with Gasteiger partial charge in [-0.05, 0) is 113 Å². The van der Waals surface area contributed by atoms with Crippen molar-refractivity contribution in [2.75, 3.05) is 0 Å². The molecule has 0 heterocycles. The Bertz CT molecular complexity index is 1850. The van der Waals surface area contributed by atoms with Crippen LogP contribution in [0.4, 0.5) is 0 Å². The Hall–Kier alpha value is -3.90. The number of hydrogen-bond donors (Lipinski definition) is 0. The van der Waals surface area contributed by atoms with Gasteiger partial charge in [-0.25, -0.2) is 0 Å². The van der Waals surface area contributed by atoms with Crippen molar-refractivity contribution in [3.63, 3.8) is 0 Å². The second-order valence-corrected chi connectivity index (χ2v) is 15.4. The molecular formula is C43H45. The molecule has 0 saturated heterocycles. The maximum absolute atomic E-state index is 3.97. The van der Waals surface area contributed by atoms with Gasteiger partial charge in [0.2, 0.25) is 0 Å². The first-order chi connectivity index (χ1) is 20.2. The van der Waals surface area contributed by atoms with Gasteiger partial charge in [0.15, 0.2) is 0 Å². The Morgan fingerprint density at radius 2 is 1.23 bits per heavy atom. The smallest absolute Gasteiger partial charge is 0.000731 e. The Morgan fingerprint density at radius 3 is 1.74 bits per heavy atom. The van der Waals surface area contributed by atoms with Crippen molar-refractivity contribution >= 4 is 17.2 Å². The summed E-state index contributed by atoms with van der Waals surface area (Å²) in [5.41, 5.74) is 14.6. The maximum atomic E-state index is 3.97. The molecular weight excluding hydrogens is 516 g/mol. The van der Waals surface area contributed by atoms with Gasteiger partial charge in [0.25, 0.3) is 0 Å². The second-order valence-electron chi connectivity index (χ2n) is 15.4. The zero-order valence-corrected chi connectivity index (χ0v) is 27.4. The van der Waals surface area contributed by atoms with E-state index in [0.29, 0.717) is 0 Å². The highest BCUT2D eigenvalue weighted by Crippen LogP contribution is 2.41. The van der Waals surface area contributed by atoms with Crippen molar-refractivity contribution < 1.29 is 0 Å². The van der Waals surface area contributed by atoms with Crippen LogP contribution in [0.15, 0.2) is 103 Å². The highest BCUT2D eigenvalue weighted by atomic mass is 14.3. The number of fused-ring (bicyclic) bond motifs is 3. The third kappa shape index (κ3) is 5.38. The highest BCUT2D eigenvalue weighted by Gasteiger charge is 2.30. The Kier molecular flexibility index (Phi) is 7.04. The molecule has 0 bridgehead atoms. The minimum absolute atomic E-state index is 0.0805. The van der Waals surface area contributed by atoms with Gasteiger partial charge in [-0.2, -0.15) is 0 Å². The quantitative estimate of drug-likeness (QED) is 0.206. The molecule has 0 aliphatic heterocycles. The lowest BCUT2D eigenvalue weighted by molar-refractivity contribution is 0.518. The van der Waals surface area contributed by atoms with Crippen molar-refractivity contribution in [1.29, 1.82) is 0 Å². The third-order valence-corrected chi connectivity index (χ3v) is 8.97. The fourth-order valence-corrected chi connectivity index (χ4v) is 6.72. The van der Waals surface area contributed by atoms with Crippen LogP contribution in [0.25, 0.3) is 28.3 Å². The number of rotatable bonds is 3. The van der Waals surface area contributed by atoms with Crippen LogP contribution in [0.5, 0.6) is 0 Å². The topological polar surface area (TPSA) is 0 Å². The molecule has 4 aromatic rings. The Morgan fingerprint density at radius 1 is 0.628 bits per heavy atom. The SMILES string of the molecule is CC(C)(C)C1=CCC(c2c(C(C)(C)C)c(=C(c3ccccc3)c3ccccc3)cc3c2=[C]c2cc(C(C)(C)C)ccc2-3)=C1. The molecule has 0 heteroatoms. The zero-order valence-electron chi connectivity index (χ0n) is 27.4. The first kappa shape index (κ1) is 29.2. The molecule has 0 N–H and O–H groups in total. The first-order valence-electron chi connectivity index (χ1n) is 15.8. The molecule has 0 unspecified atom stereocenters. The molecule has 43 heavy (non-hydrogen) atoms. The summed E-state index contributed by atoms with van der Waals surface area (Å²) in [5.74, 6) is 0. The van der Waals surface area contributed by atoms with E-state index in [9.17, 15) is 0 Å². The van der Waals surface area contributed by atoms with E-state index < -0.39 is 0 Å². The normalized spacial score (nSPS) is 14.5. The monoisotopic (exact) mass is 561 g/mol. The van der Waals surface area contributed by atoms with E-state index >= 15 is 0 Å². The second kappa shape index (κ2) is 10.4. The molecule has 0 atom stereocenters. The summed E-state index contributed by atoms with van der Waals surface area (Å²) in [6.07, 6.45) is 9.84. The fourth-order valence-electron chi connectivity index (χ4n) is 6.72. The molecule has 2 aliphatic rings. The number of allylic oxidation sites excluding steroid dienone is 4. The zero-order chi connectivity index (χ0) is 30.7. The van der Waals surface area contributed by atoms with E-state index in [4.69, 9.17) is 0 Å². The average molecular weight is 562 g/mol. The molecule has 0 nitrogen and oxygen atoms in total. The van der Waals surface area contributed by atoms with Crippen LogP contribution < -0.4 is 10.4 Å². The largest absolute Gasteiger partial charge is 0.0763 e. The van der Waals surface area contributed by atoms with Crippen molar-refractivity contribution in [1.82, 2.24) is 0 Å². The van der Waals surface area contributed by atoms with Crippen molar-refractivity contribution in [3.8, 4) is 11.1 Å². The predicted molar refractivity (Wildman–Crippen MR) is 186 cm³/mol. The van der Waals surface area contributed by atoms with Crippen LogP contribution in [-0.4, -0.2) is 0 Å². The predicted octanol–water partition coefficient (Wildman–Crippen LogP) is 9.97. The van der Waals surface area contributed by atoms with E-state index in [0.717, 1.165) is 6.42 Å². The molecule has 1 radical (unpaired) electrons. The number of hydrogen-bond acceptors (Lipinski definition) is 0. The minimum atomic E-state index is -0.104. The highest BCUT2D eigenvalue weighted by molar-refractivity contribution is 5.91. The molecule has 217 valence electrons. The van der Waals surface area contributed by atoms with Gasteiger partial charge in [-0.15, -0.1) is 0 Å². The standard InChI is InChI=1S/C43H45/c1-41(2,3)32-21-20-30(24-32)39-36-26-31-25-33(42(4,5)6)22-23-34(31)35(36)27-37(40(39)43(7,8)9)38(28-16-12-10-13-17-28)29-18-14-11-15-19-29/h10-19,21-25,27H,20H2,1-9H3. The van der Waals surface area contributed by atoms with Gasteiger partial charge in [-0.1, -0.05) is 147 Å². The number of benzene rings is 4. The van der Waals surface area contributed by atoms with Crippen molar-refractivity contribution in [3.05, 3.63) is 146 Å². The molecule has 0 saturated carbocycles. The van der Waals surface area contributed by atoms with Crippen LogP contribution >= 0.6 is 0 Å². The summed E-state index contributed by atoms with van der Waals surface area (Å²) < 4.78 is 0. The van der Waals surface area contributed by atoms with Crippen LogP contribution in [0.2, 0.25) is 0 Å². The summed E-state index contributed by atoms with van der Waals surface area (Å²) in [6, 6.07) is 31.4. The van der Waals surface area contributed by atoms with Crippen LogP contribution in [0.3, 0.4) is 0 Å². The molecule has 0 amide bonds. The summed E-state index contributed by atoms with van der Waals surface area (Å²) in [4.78, 5) is 0. The fraction of sp³-hybridized carbons (Fsp3) is 0.302. The molecule has 6 rings (SSSR count). The van der Waals surface area contributed by atoms with Crippen LogP contribution in [-0.2, 0) is 10.8 Å². The Labute approximate surface area is 259 Å². The summed E-state index contributed by atoms with van der Waals surface area (Å²) in [5, 5.41) is 2.57. The molecule has 0 aromatic heterocycles. The molecule has 0 fully saturated rings. The van der Waals surface area contributed by atoms with Crippen molar-refractivity contribution in [2.24, 2.45) is 5.41 Å². The van der Waals surface area contributed by atoms with Crippen LogP contribution in [0.1, 0.15) is 102 Å². The minimum Gasteiger partial charge on any atom is -0.0763 e. The van der Waals surface area contributed by atoms with Gasteiger partial charge in [-0.3, -0.25) is 0 Å². The van der Waals surface area contributed by atoms with Gasteiger partial charge in [0.05, 0.1) is 0 Å². The van der Waals surface area contributed by atoms with E-state index in [2.05, 4.69) is 165 Å². The van der Waals surface area contributed by atoms with Gasteiger partial charge in [0, 0.05) is 0 Å². The summed E-state index contributed by atoms with van der Waals surface area (Å²) in [6.45, 7) is 21.0. The van der Waals surface area contributed by atoms with Gasteiger partial charge < -0.3 is 0 Å². The molecule has 0 spiro atoms. The van der Waals surface area contributed by atoms with E-state index in [-0.39, 0.29) is 16.2 Å². The van der Waals surface area contributed by atoms with Crippen molar-refractivity contribution in [2.45, 2.75) is 79.6 Å². The van der Waals surface area contributed by atoms with E-state index in [1.807, 2.05) is 0 Å². The lowest BCUT2D eigenvalue weighted by Gasteiger charge is -2.27. The first-order valence-corrected chi connectivity index (χ1v) is 15.8. The third-order valence-electron chi connectivity index (χ3n) is 8.97.